The molecule has 1 atom stereocenters. The summed E-state index contributed by atoms with van der Waals surface area (Å²) in [5, 5.41) is 21.1. The summed E-state index contributed by atoms with van der Waals surface area (Å²) < 4.78 is 0. The molecule has 0 amide bonds. The van der Waals surface area contributed by atoms with Gasteiger partial charge in [-0.15, -0.1) is 0 Å². The van der Waals surface area contributed by atoms with Crippen LogP contribution < -0.4 is 0 Å². The Morgan fingerprint density at radius 2 is 1.94 bits per heavy atom. The van der Waals surface area contributed by atoms with Crippen LogP contribution in [0.15, 0.2) is 12.1 Å². The number of benzene rings is 1. The highest BCUT2D eigenvalue weighted by Gasteiger charge is 2.21. The Balaban J connectivity index is 2.12. The maximum Gasteiger partial charge on any atom is 0.118 e. The van der Waals surface area contributed by atoms with Crippen LogP contribution in [0.4, 0.5) is 0 Å². The van der Waals surface area contributed by atoms with Crippen molar-refractivity contribution in [3.8, 4) is 5.75 Å². The lowest BCUT2D eigenvalue weighted by atomic mass is 9.92. The summed E-state index contributed by atoms with van der Waals surface area (Å²) in [7, 11) is 0. The Kier molecular flexibility index (Phi) is 4.15. The van der Waals surface area contributed by atoms with Crippen molar-refractivity contribution in [1.29, 1.82) is 0 Å². The van der Waals surface area contributed by atoms with Crippen LogP contribution in [0.25, 0.3) is 0 Å². The summed E-state index contributed by atoms with van der Waals surface area (Å²) in [5.74, 6) is 0.435. The number of hydroxylamine groups is 2. The molecule has 1 aromatic carbocycles. The number of rotatable bonds is 2. The quantitative estimate of drug-likeness (QED) is 0.870. The number of piperidine rings is 1. The lowest BCUT2D eigenvalue weighted by Gasteiger charge is -2.28. The van der Waals surface area contributed by atoms with Crippen LogP contribution in [0.3, 0.4) is 0 Å². The van der Waals surface area contributed by atoms with Crippen molar-refractivity contribution in [2.75, 3.05) is 13.1 Å². The molecule has 0 saturated carbocycles. The average molecular weight is 276 g/mol. The molecule has 94 valence electrons. The molecule has 0 aliphatic carbocycles. The Bertz CT molecular complexity index is 388. The van der Waals surface area contributed by atoms with Gasteiger partial charge in [0.05, 0.1) is 0 Å². The summed E-state index contributed by atoms with van der Waals surface area (Å²) in [6.07, 6.45) is 2.77. The van der Waals surface area contributed by atoms with E-state index in [4.69, 9.17) is 23.2 Å². The molecule has 1 aliphatic heterocycles. The first-order chi connectivity index (χ1) is 8.06. The summed E-state index contributed by atoms with van der Waals surface area (Å²) in [5.41, 5.74) is 0.853. The van der Waals surface area contributed by atoms with Crippen molar-refractivity contribution in [1.82, 2.24) is 5.06 Å². The fourth-order valence-electron chi connectivity index (χ4n) is 2.28. The molecule has 0 bridgehead atoms. The Labute approximate surface area is 111 Å². The van der Waals surface area contributed by atoms with Gasteiger partial charge in [0.2, 0.25) is 0 Å². The van der Waals surface area contributed by atoms with Crippen molar-refractivity contribution in [3.05, 3.63) is 27.7 Å². The number of hydrogen-bond acceptors (Lipinski definition) is 3. The third-order valence-electron chi connectivity index (χ3n) is 3.12. The van der Waals surface area contributed by atoms with Gasteiger partial charge in [-0.25, -0.2) is 0 Å². The molecule has 17 heavy (non-hydrogen) atoms. The highest BCUT2D eigenvalue weighted by atomic mass is 35.5. The zero-order valence-electron chi connectivity index (χ0n) is 9.37. The van der Waals surface area contributed by atoms with Crippen LogP contribution in [0.5, 0.6) is 5.75 Å². The SMILES string of the molecule is Oc1cc(Cl)c(CC2CCCN(O)C2)c(Cl)c1. The number of nitrogens with zero attached hydrogens (tertiary/aromatic N) is 1. The third kappa shape index (κ3) is 3.26. The van der Waals surface area contributed by atoms with E-state index < -0.39 is 0 Å². The van der Waals surface area contributed by atoms with Crippen molar-refractivity contribution in [2.24, 2.45) is 5.92 Å². The summed E-state index contributed by atoms with van der Waals surface area (Å²) >= 11 is 12.1. The molecule has 1 aromatic rings. The topological polar surface area (TPSA) is 43.7 Å². The Hall–Kier alpha value is -0.480. The van der Waals surface area contributed by atoms with E-state index in [1.807, 2.05) is 0 Å². The van der Waals surface area contributed by atoms with Crippen LogP contribution in [0.2, 0.25) is 10.0 Å². The third-order valence-corrected chi connectivity index (χ3v) is 3.79. The second-order valence-corrected chi connectivity index (χ2v) is 5.33. The normalized spacial score (nSPS) is 21.7. The van der Waals surface area contributed by atoms with Gasteiger partial charge in [-0.05, 0) is 42.9 Å². The van der Waals surface area contributed by atoms with Gasteiger partial charge in [0.1, 0.15) is 5.75 Å². The van der Waals surface area contributed by atoms with E-state index in [-0.39, 0.29) is 5.75 Å². The molecule has 1 saturated heterocycles. The largest absolute Gasteiger partial charge is 0.508 e. The molecule has 1 aliphatic rings. The fraction of sp³-hybridized carbons (Fsp3) is 0.500. The smallest absolute Gasteiger partial charge is 0.118 e. The van der Waals surface area contributed by atoms with Gasteiger partial charge in [0, 0.05) is 23.1 Å². The van der Waals surface area contributed by atoms with Crippen molar-refractivity contribution in [3.63, 3.8) is 0 Å². The lowest BCUT2D eigenvalue weighted by molar-refractivity contribution is -0.117. The van der Waals surface area contributed by atoms with Gasteiger partial charge in [-0.3, -0.25) is 0 Å². The average Bonchev–Trinajstić information content (AvgIpc) is 2.23. The first kappa shape index (κ1) is 13.0. The first-order valence-corrected chi connectivity index (χ1v) is 6.42. The minimum atomic E-state index is 0.0798. The van der Waals surface area contributed by atoms with E-state index in [0.29, 0.717) is 22.5 Å². The molecular formula is C12H15Cl2NO2. The molecule has 2 rings (SSSR count). The number of phenolic OH excluding ortho intramolecular Hbond substituents is 1. The minimum Gasteiger partial charge on any atom is -0.508 e. The zero-order chi connectivity index (χ0) is 12.4. The predicted octanol–water partition coefficient (Wildman–Crippen LogP) is 3.34. The van der Waals surface area contributed by atoms with E-state index in [2.05, 4.69) is 0 Å². The molecule has 5 heteroatoms. The van der Waals surface area contributed by atoms with Crippen LogP contribution in [0.1, 0.15) is 18.4 Å². The summed E-state index contributed by atoms with van der Waals surface area (Å²) in [6, 6.07) is 3.00. The Morgan fingerprint density at radius 3 is 2.53 bits per heavy atom. The maximum atomic E-state index is 9.47. The van der Waals surface area contributed by atoms with Crippen LogP contribution in [-0.4, -0.2) is 28.5 Å². The lowest BCUT2D eigenvalue weighted by Crippen LogP contribution is -2.33. The molecule has 1 unspecified atom stereocenters. The Morgan fingerprint density at radius 1 is 1.29 bits per heavy atom. The van der Waals surface area contributed by atoms with E-state index in [0.717, 1.165) is 31.4 Å². The highest BCUT2D eigenvalue weighted by molar-refractivity contribution is 6.36. The maximum absolute atomic E-state index is 9.47. The molecule has 1 heterocycles. The van der Waals surface area contributed by atoms with Gasteiger partial charge < -0.3 is 10.3 Å². The fourth-order valence-corrected chi connectivity index (χ4v) is 2.91. The van der Waals surface area contributed by atoms with Crippen molar-refractivity contribution in [2.45, 2.75) is 19.3 Å². The van der Waals surface area contributed by atoms with E-state index >= 15 is 0 Å². The van der Waals surface area contributed by atoms with Crippen LogP contribution in [0, 0.1) is 5.92 Å². The molecule has 0 radical (unpaired) electrons. The molecule has 1 fully saturated rings. The van der Waals surface area contributed by atoms with E-state index in [1.54, 1.807) is 0 Å². The first-order valence-electron chi connectivity index (χ1n) is 5.67. The van der Waals surface area contributed by atoms with E-state index in [9.17, 15) is 10.3 Å². The number of halogens is 2. The van der Waals surface area contributed by atoms with Gasteiger partial charge in [0.15, 0.2) is 0 Å². The van der Waals surface area contributed by atoms with Gasteiger partial charge >= 0.3 is 0 Å². The zero-order valence-corrected chi connectivity index (χ0v) is 10.9. The molecule has 0 spiro atoms. The van der Waals surface area contributed by atoms with Crippen LogP contribution in [-0.2, 0) is 6.42 Å². The molecule has 3 nitrogen and oxygen atoms in total. The van der Waals surface area contributed by atoms with Crippen molar-refractivity contribution < 1.29 is 10.3 Å². The predicted molar refractivity (Wildman–Crippen MR) is 67.9 cm³/mol. The molecule has 0 aromatic heterocycles. The number of aromatic hydroxyl groups is 1. The summed E-state index contributed by atoms with van der Waals surface area (Å²) in [6.45, 7) is 1.38. The van der Waals surface area contributed by atoms with Crippen molar-refractivity contribution >= 4 is 23.2 Å². The standard InChI is InChI=1S/C12H15Cl2NO2/c13-11-5-9(16)6-12(14)10(11)4-8-2-1-3-15(17)7-8/h5-6,8,16-17H,1-4,7H2. The summed E-state index contributed by atoms with van der Waals surface area (Å²) in [4.78, 5) is 0. The van der Waals surface area contributed by atoms with Gasteiger partial charge in [-0.1, -0.05) is 23.2 Å². The second kappa shape index (κ2) is 5.44. The van der Waals surface area contributed by atoms with Gasteiger partial charge in [-0.2, -0.15) is 5.06 Å². The monoisotopic (exact) mass is 275 g/mol. The minimum absolute atomic E-state index is 0.0798. The molecular weight excluding hydrogens is 261 g/mol. The van der Waals surface area contributed by atoms with Crippen LogP contribution >= 0.6 is 23.2 Å². The molecule has 2 N–H and O–H groups in total. The highest BCUT2D eigenvalue weighted by Crippen LogP contribution is 2.33. The number of hydrogen-bond donors (Lipinski definition) is 2. The van der Waals surface area contributed by atoms with E-state index in [1.165, 1.54) is 17.2 Å². The second-order valence-electron chi connectivity index (χ2n) is 4.51. The van der Waals surface area contributed by atoms with Gasteiger partial charge in [0.25, 0.3) is 0 Å². The number of phenols is 1.